The topological polar surface area (TPSA) is 66.5 Å². The molecule has 1 aromatic rings. The Balaban J connectivity index is 1.60. The van der Waals surface area contributed by atoms with Crippen molar-refractivity contribution in [2.75, 3.05) is 13.6 Å². The fourth-order valence-corrected chi connectivity index (χ4v) is 3.77. The van der Waals surface area contributed by atoms with E-state index in [0.717, 1.165) is 24.8 Å². The molecule has 1 heterocycles. The molecule has 1 saturated carbocycles. The van der Waals surface area contributed by atoms with Crippen molar-refractivity contribution in [1.82, 2.24) is 10.2 Å². The van der Waals surface area contributed by atoms with Gasteiger partial charge in [0.25, 0.3) is 5.91 Å². The number of rotatable bonds is 3. The van der Waals surface area contributed by atoms with Crippen LogP contribution in [0.15, 0.2) is 18.2 Å². The molecule has 5 nitrogen and oxygen atoms in total. The molecule has 24 heavy (non-hydrogen) atoms. The Hall–Kier alpha value is -1.59. The van der Waals surface area contributed by atoms with Gasteiger partial charge in [-0.1, -0.05) is 29.3 Å². The summed E-state index contributed by atoms with van der Waals surface area (Å²) >= 11 is 12.0. The molecule has 1 saturated heterocycles. The first-order valence-corrected chi connectivity index (χ1v) is 8.67. The average Bonchev–Trinajstić information content (AvgIpc) is 3.10. The third kappa shape index (κ3) is 3.28. The van der Waals surface area contributed by atoms with Crippen LogP contribution in [0.25, 0.3) is 0 Å². The molecule has 2 aliphatic rings. The number of hydrogen-bond donors (Lipinski definition) is 1. The van der Waals surface area contributed by atoms with Gasteiger partial charge in [0.05, 0.1) is 10.0 Å². The number of hydrogen-bond acceptors (Lipinski definition) is 3. The first-order valence-electron chi connectivity index (χ1n) is 7.91. The summed E-state index contributed by atoms with van der Waals surface area (Å²) in [6, 6.07) is 5.61. The van der Waals surface area contributed by atoms with Crippen LogP contribution in [0.5, 0.6) is 0 Å². The van der Waals surface area contributed by atoms with Crippen LogP contribution in [0, 0.1) is 5.92 Å². The third-order valence-electron chi connectivity index (χ3n) is 4.84. The van der Waals surface area contributed by atoms with E-state index in [1.54, 1.807) is 6.07 Å². The maximum atomic E-state index is 12.3. The molecule has 1 N–H and O–H groups in total. The van der Waals surface area contributed by atoms with Crippen LogP contribution in [0.4, 0.5) is 0 Å². The second-order valence-electron chi connectivity index (χ2n) is 6.49. The quantitative estimate of drug-likeness (QED) is 0.657. The standard InChI is InChI=1S/C17H18Cl2N2O3/c1-21-8-12(15(22)17(21)24)16(23)20-11-4-2-9(6-11)10-3-5-13(18)14(19)7-10/h3,5,7,9,11-12H,2,4,6,8H2,1H3,(H,20,23)/t9-,11?,12?/m0/s1. The second kappa shape index (κ2) is 6.73. The average molecular weight is 369 g/mol. The molecular formula is C17H18Cl2N2O3. The van der Waals surface area contributed by atoms with Gasteiger partial charge in [-0.05, 0) is 42.9 Å². The molecule has 1 aromatic carbocycles. The van der Waals surface area contributed by atoms with Crippen LogP contribution in [0.3, 0.4) is 0 Å². The van der Waals surface area contributed by atoms with E-state index in [1.165, 1.54) is 11.9 Å². The van der Waals surface area contributed by atoms with Crippen molar-refractivity contribution in [3.8, 4) is 0 Å². The van der Waals surface area contributed by atoms with E-state index >= 15 is 0 Å². The van der Waals surface area contributed by atoms with Crippen LogP contribution in [-0.2, 0) is 14.4 Å². The molecule has 0 aromatic heterocycles. The van der Waals surface area contributed by atoms with Crippen molar-refractivity contribution < 1.29 is 14.4 Å². The Labute approximate surface area is 150 Å². The molecular weight excluding hydrogens is 351 g/mol. The van der Waals surface area contributed by atoms with Crippen LogP contribution in [0.2, 0.25) is 10.0 Å². The highest BCUT2D eigenvalue weighted by Gasteiger charge is 2.42. The zero-order valence-electron chi connectivity index (χ0n) is 13.2. The molecule has 1 aliphatic carbocycles. The van der Waals surface area contributed by atoms with Gasteiger partial charge in [-0.2, -0.15) is 0 Å². The summed E-state index contributed by atoms with van der Waals surface area (Å²) in [5.41, 5.74) is 1.10. The van der Waals surface area contributed by atoms with E-state index in [4.69, 9.17) is 23.2 Å². The van der Waals surface area contributed by atoms with E-state index in [1.807, 2.05) is 12.1 Å². The normalized spacial score (nSPS) is 27.0. The number of nitrogens with one attached hydrogen (secondary N) is 1. The largest absolute Gasteiger partial charge is 0.353 e. The molecule has 2 fully saturated rings. The number of likely N-dealkylation sites (N-methyl/N-ethyl adjacent to an activating group) is 1. The highest BCUT2D eigenvalue weighted by atomic mass is 35.5. The minimum Gasteiger partial charge on any atom is -0.353 e. The number of likely N-dealkylation sites (tertiary alicyclic amines) is 1. The number of carbonyl (C=O) groups is 3. The summed E-state index contributed by atoms with van der Waals surface area (Å²) in [6.45, 7) is 0.159. The van der Waals surface area contributed by atoms with E-state index in [0.29, 0.717) is 16.0 Å². The van der Waals surface area contributed by atoms with E-state index in [2.05, 4.69) is 5.32 Å². The predicted octanol–water partition coefficient (Wildman–Crippen LogP) is 2.40. The summed E-state index contributed by atoms with van der Waals surface area (Å²) in [4.78, 5) is 36.9. The minimum atomic E-state index is -0.883. The Morgan fingerprint density at radius 2 is 1.96 bits per heavy atom. The summed E-state index contributed by atoms with van der Waals surface area (Å²) < 4.78 is 0. The lowest BCUT2D eigenvalue weighted by Gasteiger charge is -2.16. The van der Waals surface area contributed by atoms with Gasteiger partial charge < -0.3 is 10.2 Å². The van der Waals surface area contributed by atoms with E-state index < -0.39 is 17.6 Å². The van der Waals surface area contributed by atoms with Gasteiger partial charge in [0.2, 0.25) is 11.7 Å². The summed E-state index contributed by atoms with van der Waals surface area (Å²) in [6.07, 6.45) is 2.55. The van der Waals surface area contributed by atoms with Crippen molar-refractivity contribution in [1.29, 1.82) is 0 Å². The van der Waals surface area contributed by atoms with E-state index in [9.17, 15) is 14.4 Å². The maximum Gasteiger partial charge on any atom is 0.290 e. The fourth-order valence-electron chi connectivity index (χ4n) is 3.46. The van der Waals surface area contributed by atoms with Gasteiger partial charge in [-0.25, -0.2) is 0 Å². The molecule has 2 unspecified atom stereocenters. The third-order valence-corrected chi connectivity index (χ3v) is 5.58. The predicted molar refractivity (Wildman–Crippen MR) is 91.1 cm³/mol. The van der Waals surface area contributed by atoms with E-state index in [-0.39, 0.29) is 18.5 Å². The molecule has 0 radical (unpaired) electrons. The van der Waals surface area contributed by atoms with Gasteiger partial charge in [0.15, 0.2) is 0 Å². The van der Waals surface area contributed by atoms with Crippen molar-refractivity contribution in [3.63, 3.8) is 0 Å². The Morgan fingerprint density at radius 1 is 1.21 bits per heavy atom. The summed E-state index contributed by atoms with van der Waals surface area (Å²) in [5.74, 6) is -2.14. The molecule has 7 heteroatoms. The van der Waals surface area contributed by atoms with Crippen molar-refractivity contribution in [2.45, 2.75) is 31.2 Å². The number of Topliss-reactive ketones (excluding diaryl/α,β-unsaturated/α-hetero) is 1. The van der Waals surface area contributed by atoms with Crippen LogP contribution in [-0.4, -0.2) is 42.1 Å². The monoisotopic (exact) mass is 368 g/mol. The van der Waals surface area contributed by atoms with Gasteiger partial charge in [0, 0.05) is 19.6 Å². The SMILES string of the molecule is CN1CC(C(=O)NC2CC[C@H](c3ccc(Cl)c(Cl)c3)C2)C(=O)C1=O. The van der Waals surface area contributed by atoms with Crippen molar-refractivity contribution >= 4 is 40.8 Å². The molecule has 0 spiro atoms. The Kier molecular flexibility index (Phi) is 4.83. The number of ketones is 1. The highest BCUT2D eigenvalue weighted by molar-refractivity contribution is 6.42. The van der Waals surface area contributed by atoms with Gasteiger partial charge >= 0.3 is 0 Å². The second-order valence-corrected chi connectivity index (χ2v) is 7.31. The molecule has 128 valence electrons. The minimum absolute atomic E-state index is 0.00533. The molecule has 0 bridgehead atoms. The summed E-state index contributed by atoms with van der Waals surface area (Å²) in [5, 5.41) is 3.97. The van der Waals surface area contributed by atoms with Crippen molar-refractivity contribution in [2.24, 2.45) is 5.92 Å². The number of nitrogens with zero attached hydrogens (tertiary/aromatic N) is 1. The zero-order valence-corrected chi connectivity index (χ0v) is 14.7. The smallest absolute Gasteiger partial charge is 0.290 e. The molecule has 3 atom stereocenters. The van der Waals surface area contributed by atoms with Gasteiger partial charge in [0.1, 0.15) is 5.92 Å². The van der Waals surface area contributed by atoms with Crippen LogP contribution in [0.1, 0.15) is 30.7 Å². The number of amides is 2. The lowest BCUT2D eigenvalue weighted by Crippen LogP contribution is -2.40. The summed E-state index contributed by atoms with van der Waals surface area (Å²) in [7, 11) is 1.53. The van der Waals surface area contributed by atoms with Crippen molar-refractivity contribution in [3.05, 3.63) is 33.8 Å². The Morgan fingerprint density at radius 3 is 2.58 bits per heavy atom. The fraction of sp³-hybridized carbons (Fsp3) is 0.471. The van der Waals surface area contributed by atoms with Crippen LogP contribution < -0.4 is 5.32 Å². The molecule has 3 rings (SSSR count). The molecule has 1 aliphatic heterocycles. The Bertz CT molecular complexity index is 707. The first-order chi connectivity index (χ1) is 11.4. The zero-order chi connectivity index (χ0) is 17.4. The first kappa shape index (κ1) is 17.2. The van der Waals surface area contributed by atoms with Crippen LogP contribution >= 0.6 is 23.2 Å². The number of carbonyl (C=O) groups excluding carboxylic acids is 3. The lowest BCUT2D eigenvalue weighted by molar-refractivity contribution is -0.142. The maximum absolute atomic E-state index is 12.3. The van der Waals surface area contributed by atoms with Gasteiger partial charge in [-0.15, -0.1) is 0 Å². The lowest BCUT2D eigenvalue weighted by atomic mass is 9.97. The van der Waals surface area contributed by atoms with Gasteiger partial charge in [-0.3, -0.25) is 14.4 Å². The number of halogens is 2. The number of benzene rings is 1. The molecule has 2 amide bonds. The highest BCUT2D eigenvalue weighted by Crippen LogP contribution is 2.37.